The van der Waals surface area contributed by atoms with Crippen LogP contribution in [0.15, 0.2) is 18.2 Å². The monoisotopic (exact) mass is 298 g/mol. The summed E-state index contributed by atoms with van der Waals surface area (Å²) in [5.74, 6) is -0.874. The maximum atomic E-state index is 11.2. The van der Waals surface area contributed by atoms with Crippen LogP contribution in [0.5, 0.6) is 0 Å². The van der Waals surface area contributed by atoms with Crippen molar-refractivity contribution < 1.29 is 14.8 Å². The Morgan fingerprint density at radius 1 is 1.50 bits per heavy atom. The molecule has 1 aromatic carbocycles. The second kappa shape index (κ2) is 6.19. The van der Waals surface area contributed by atoms with Gasteiger partial charge in [0.2, 0.25) is 0 Å². The summed E-state index contributed by atoms with van der Waals surface area (Å²) in [5, 5.41) is 20.6. The molecule has 0 aliphatic carbocycles. The van der Waals surface area contributed by atoms with Crippen molar-refractivity contribution in [2.45, 2.75) is 31.8 Å². The smallest absolute Gasteiger partial charge is 0.320 e. The Labute approximate surface area is 121 Å². The van der Waals surface area contributed by atoms with Crippen LogP contribution < -0.4 is 0 Å². The van der Waals surface area contributed by atoms with Crippen LogP contribution in [0.1, 0.15) is 24.8 Å². The molecule has 0 bridgehead atoms. The number of carboxylic acid groups (broad SMARTS) is 1. The van der Waals surface area contributed by atoms with E-state index in [0.29, 0.717) is 23.6 Å². The highest BCUT2D eigenvalue weighted by molar-refractivity contribution is 6.30. The molecule has 1 N–H and O–H groups in total. The molecule has 0 aromatic heterocycles. The zero-order chi connectivity index (χ0) is 14.7. The molecule has 2 rings (SSSR count). The minimum absolute atomic E-state index is 0.0628. The maximum Gasteiger partial charge on any atom is 0.320 e. The van der Waals surface area contributed by atoms with Gasteiger partial charge in [0.15, 0.2) is 0 Å². The Hall–Kier alpha value is -1.66. The molecule has 1 saturated heterocycles. The molecule has 1 aliphatic rings. The molecule has 20 heavy (non-hydrogen) atoms. The van der Waals surface area contributed by atoms with Crippen molar-refractivity contribution in [2.24, 2.45) is 0 Å². The Morgan fingerprint density at radius 3 is 2.90 bits per heavy atom. The third-order valence-electron chi connectivity index (χ3n) is 3.52. The van der Waals surface area contributed by atoms with Gasteiger partial charge in [0.1, 0.15) is 6.04 Å². The molecule has 1 aliphatic heterocycles. The van der Waals surface area contributed by atoms with Crippen LogP contribution >= 0.6 is 11.6 Å². The van der Waals surface area contributed by atoms with Crippen molar-refractivity contribution in [3.63, 3.8) is 0 Å². The molecular formula is C13H15ClN2O4. The van der Waals surface area contributed by atoms with E-state index in [1.807, 2.05) is 0 Å². The zero-order valence-electron chi connectivity index (χ0n) is 10.8. The quantitative estimate of drug-likeness (QED) is 0.682. The predicted molar refractivity (Wildman–Crippen MR) is 73.8 cm³/mol. The summed E-state index contributed by atoms with van der Waals surface area (Å²) >= 11 is 5.77. The molecule has 0 radical (unpaired) electrons. The first-order chi connectivity index (χ1) is 9.49. The van der Waals surface area contributed by atoms with Gasteiger partial charge in [-0.1, -0.05) is 18.0 Å². The fraction of sp³-hybridized carbons (Fsp3) is 0.462. The van der Waals surface area contributed by atoms with Crippen molar-refractivity contribution in [2.75, 3.05) is 6.54 Å². The first-order valence-electron chi connectivity index (χ1n) is 6.38. The second-order valence-electron chi connectivity index (χ2n) is 4.85. The lowest BCUT2D eigenvalue weighted by Crippen LogP contribution is -2.44. The van der Waals surface area contributed by atoms with Crippen LogP contribution in [-0.2, 0) is 11.3 Å². The number of halogens is 1. The Kier molecular flexibility index (Phi) is 4.57. The number of rotatable bonds is 4. The molecule has 1 fully saturated rings. The van der Waals surface area contributed by atoms with Gasteiger partial charge >= 0.3 is 5.97 Å². The maximum absolute atomic E-state index is 11.2. The summed E-state index contributed by atoms with van der Waals surface area (Å²) in [6.45, 7) is 0.890. The molecule has 0 amide bonds. The standard InChI is InChI=1S/C13H15ClN2O4/c14-10-5-4-9(12(7-10)16(19)20)8-15-6-2-1-3-11(15)13(17)18/h4-5,7,11H,1-3,6,8H2,(H,17,18). The van der Waals surface area contributed by atoms with E-state index < -0.39 is 16.9 Å². The van der Waals surface area contributed by atoms with Gasteiger partial charge in [0.25, 0.3) is 5.69 Å². The van der Waals surface area contributed by atoms with Crippen molar-refractivity contribution in [1.29, 1.82) is 0 Å². The lowest BCUT2D eigenvalue weighted by molar-refractivity contribution is -0.385. The van der Waals surface area contributed by atoms with Gasteiger partial charge in [-0.2, -0.15) is 0 Å². The summed E-state index contributed by atoms with van der Waals surface area (Å²) in [5.41, 5.74) is 0.430. The molecule has 6 nitrogen and oxygen atoms in total. The van der Waals surface area contributed by atoms with Crippen molar-refractivity contribution in [1.82, 2.24) is 4.90 Å². The van der Waals surface area contributed by atoms with Gasteiger partial charge in [0, 0.05) is 23.2 Å². The first-order valence-corrected chi connectivity index (χ1v) is 6.76. The zero-order valence-corrected chi connectivity index (χ0v) is 11.5. The number of benzene rings is 1. The minimum atomic E-state index is -0.874. The number of carbonyl (C=O) groups is 1. The van der Waals surface area contributed by atoms with Crippen LogP contribution in [0.4, 0.5) is 5.69 Å². The van der Waals surface area contributed by atoms with Gasteiger partial charge in [-0.25, -0.2) is 0 Å². The van der Waals surface area contributed by atoms with E-state index in [9.17, 15) is 20.0 Å². The molecule has 7 heteroatoms. The summed E-state index contributed by atoms with van der Waals surface area (Å²) in [4.78, 5) is 23.6. The molecule has 1 atom stereocenters. The topological polar surface area (TPSA) is 83.7 Å². The van der Waals surface area contributed by atoms with Gasteiger partial charge in [-0.05, 0) is 31.5 Å². The van der Waals surface area contributed by atoms with Gasteiger partial charge in [-0.3, -0.25) is 19.8 Å². The van der Waals surface area contributed by atoms with Crippen LogP contribution in [0.3, 0.4) is 0 Å². The fourth-order valence-electron chi connectivity index (χ4n) is 2.52. The average molecular weight is 299 g/mol. The summed E-state index contributed by atoms with van der Waals surface area (Å²) in [6, 6.07) is 3.91. The van der Waals surface area contributed by atoms with E-state index in [0.717, 1.165) is 12.8 Å². The first kappa shape index (κ1) is 14.7. The van der Waals surface area contributed by atoms with Crippen molar-refractivity contribution in [3.05, 3.63) is 38.9 Å². The lowest BCUT2D eigenvalue weighted by atomic mass is 10.0. The highest BCUT2D eigenvalue weighted by atomic mass is 35.5. The SMILES string of the molecule is O=C(O)C1CCCCN1Cc1ccc(Cl)cc1[N+](=O)[O-]. The number of likely N-dealkylation sites (tertiary alicyclic amines) is 1. The fourth-order valence-corrected chi connectivity index (χ4v) is 2.69. The highest BCUT2D eigenvalue weighted by Gasteiger charge is 2.29. The predicted octanol–water partition coefficient (Wildman–Crippen LogP) is 2.69. The number of hydrogen-bond acceptors (Lipinski definition) is 4. The number of carboxylic acids is 1. The highest BCUT2D eigenvalue weighted by Crippen LogP contribution is 2.27. The van der Waals surface area contributed by atoms with Gasteiger partial charge in [0.05, 0.1) is 4.92 Å². The van der Waals surface area contributed by atoms with E-state index in [4.69, 9.17) is 11.6 Å². The number of piperidine rings is 1. The largest absolute Gasteiger partial charge is 0.480 e. The minimum Gasteiger partial charge on any atom is -0.480 e. The van der Waals surface area contributed by atoms with E-state index >= 15 is 0 Å². The number of nitro benzene ring substituents is 1. The van der Waals surface area contributed by atoms with Gasteiger partial charge < -0.3 is 5.11 Å². The third-order valence-corrected chi connectivity index (χ3v) is 3.75. The number of hydrogen-bond donors (Lipinski definition) is 1. The van der Waals surface area contributed by atoms with Gasteiger partial charge in [-0.15, -0.1) is 0 Å². The molecule has 1 unspecified atom stereocenters. The second-order valence-corrected chi connectivity index (χ2v) is 5.29. The summed E-state index contributed by atoms with van der Waals surface area (Å²) < 4.78 is 0. The average Bonchev–Trinajstić information content (AvgIpc) is 2.41. The Bertz CT molecular complexity index is 535. The van der Waals surface area contributed by atoms with Crippen LogP contribution in [0, 0.1) is 10.1 Å². The van der Waals surface area contributed by atoms with Crippen LogP contribution in [-0.4, -0.2) is 33.5 Å². The molecule has 1 aromatic rings. The van der Waals surface area contributed by atoms with E-state index in [1.54, 1.807) is 17.0 Å². The number of nitrogens with zero attached hydrogens (tertiary/aromatic N) is 2. The van der Waals surface area contributed by atoms with Crippen LogP contribution in [0.2, 0.25) is 5.02 Å². The van der Waals surface area contributed by atoms with Crippen molar-refractivity contribution in [3.8, 4) is 0 Å². The van der Waals surface area contributed by atoms with Crippen LogP contribution in [0.25, 0.3) is 0 Å². The number of aliphatic carboxylic acids is 1. The lowest BCUT2D eigenvalue weighted by Gasteiger charge is -2.32. The molecular weight excluding hydrogens is 284 g/mol. The van der Waals surface area contributed by atoms with Crippen molar-refractivity contribution >= 4 is 23.3 Å². The molecule has 0 spiro atoms. The normalized spacial score (nSPS) is 19.8. The van der Waals surface area contributed by atoms with E-state index in [-0.39, 0.29) is 12.2 Å². The number of nitro groups is 1. The molecule has 108 valence electrons. The Balaban J connectivity index is 2.24. The molecule has 0 saturated carbocycles. The molecule has 1 heterocycles. The van der Waals surface area contributed by atoms with E-state index in [1.165, 1.54) is 6.07 Å². The third kappa shape index (κ3) is 3.26. The van der Waals surface area contributed by atoms with E-state index in [2.05, 4.69) is 0 Å². The Morgan fingerprint density at radius 2 is 2.25 bits per heavy atom. The summed E-state index contributed by atoms with van der Waals surface area (Å²) in [6.07, 6.45) is 2.36. The summed E-state index contributed by atoms with van der Waals surface area (Å²) in [7, 11) is 0.